The van der Waals surface area contributed by atoms with Gasteiger partial charge in [-0.3, -0.25) is 0 Å². The molecule has 0 radical (unpaired) electrons. The van der Waals surface area contributed by atoms with Crippen molar-refractivity contribution in [3.8, 4) is 0 Å². The summed E-state index contributed by atoms with van der Waals surface area (Å²) in [5, 5.41) is 1.02. The van der Waals surface area contributed by atoms with Crippen LogP contribution in [0.2, 0.25) is 0 Å². The Morgan fingerprint density at radius 3 is 2.67 bits per heavy atom. The molecule has 0 aromatic heterocycles. The summed E-state index contributed by atoms with van der Waals surface area (Å²) in [5.74, 6) is 0. The number of hydrogen-bond donors (Lipinski definition) is 0. The van der Waals surface area contributed by atoms with Crippen LogP contribution in [-0.2, 0) is 4.74 Å². The van der Waals surface area contributed by atoms with E-state index in [1.54, 1.807) is 0 Å². The lowest BCUT2D eigenvalue weighted by Crippen LogP contribution is -1.93. The second-order valence-corrected chi connectivity index (χ2v) is 3.16. The molecular weight excluding hydrogens is 180 g/mol. The van der Waals surface area contributed by atoms with Crippen molar-refractivity contribution in [3.05, 3.63) is 0 Å². The van der Waals surface area contributed by atoms with Gasteiger partial charge in [-0.25, -0.2) is 0 Å². The second-order valence-electron chi connectivity index (χ2n) is 2.51. The molecule has 0 aromatic carbocycles. The van der Waals surface area contributed by atoms with Crippen LogP contribution in [0.25, 0.3) is 0 Å². The zero-order valence-corrected chi connectivity index (χ0v) is 7.36. The van der Waals surface area contributed by atoms with Gasteiger partial charge in [-0.1, -0.05) is 35.7 Å². The van der Waals surface area contributed by atoms with E-state index in [2.05, 4.69) is 22.9 Å². The molecule has 1 nitrogen and oxygen atoms in total. The van der Waals surface area contributed by atoms with Gasteiger partial charge in [-0.05, 0) is 6.42 Å². The highest BCUT2D eigenvalue weighted by Gasteiger charge is 2.36. The molecule has 2 heteroatoms. The zero-order chi connectivity index (χ0) is 6.69. The topological polar surface area (TPSA) is 12.5 Å². The molecule has 0 saturated carbocycles. The van der Waals surface area contributed by atoms with Crippen molar-refractivity contribution < 1.29 is 4.74 Å². The maximum Gasteiger partial charge on any atom is 0.0938 e. The van der Waals surface area contributed by atoms with Gasteiger partial charge >= 0.3 is 0 Å². The second kappa shape index (κ2) is 3.57. The minimum absolute atomic E-state index is 0.538. The molecule has 1 aliphatic rings. The Morgan fingerprint density at radius 2 is 2.22 bits per heavy atom. The molecule has 54 valence electrons. The standard InChI is InChI=1S/C7H13BrO/c1-2-3-4-6-7(5-8)9-6/h6-7H,2-5H2,1H3/t6-,7+/m1/s1. The van der Waals surface area contributed by atoms with Crippen molar-refractivity contribution in [1.29, 1.82) is 0 Å². The summed E-state index contributed by atoms with van der Waals surface area (Å²) < 4.78 is 5.32. The molecule has 0 bridgehead atoms. The molecule has 1 heterocycles. The van der Waals surface area contributed by atoms with Crippen LogP contribution in [0.15, 0.2) is 0 Å². The Balaban J connectivity index is 1.92. The third kappa shape index (κ3) is 2.26. The zero-order valence-electron chi connectivity index (χ0n) is 5.77. The van der Waals surface area contributed by atoms with E-state index in [-0.39, 0.29) is 0 Å². The molecule has 1 aliphatic heterocycles. The van der Waals surface area contributed by atoms with E-state index in [9.17, 15) is 0 Å². The van der Waals surface area contributed by atoms with E-state index in [1.807, 2.05) is 0 Å². The number of alkyl halides is 1. The molecule has 0 aromatic rings. The molecular formula is C7H13BrO. The van der Waals surface area contributed by atoms with Crippen LogP contribution in [0.1, 0.15) is 26.2 Å². The van der Waals surface area contributed by atoms with Crippen molar-refractivity contribution >= 4 is 15.9 Å². The van der Waals surface area contributed by atoms with Crippen LogP contribution < -0.4 is 0 Å². The highest BCUT2D eigenvalue weighted by molar-refractivity contribution is 9.09. The molecule has 0 amide bonds. The molecule has 1 saturated heterocycles. The van der Waals surface area contributed by atoms with Crippen LogP contribution in [0, 0.1) is 0 Å². The maximum absolute atomic E-state index is 5.32. The number of unbranched alkanes of at least 4 members (excludes halogenated alkanes) is 1. The van der Waals surface area contributed by atoms with Gasteiger partial charge in [0.05, 0.1) is 12.2 Å². The predicted molar refractivity (Wildman–Crippen MR) is 42.0 cm³/mol. The number of ether oxygens (including phenoxy) is 1. The molecule has 2 atom stereocenters. The Morgan fingerprint density at radius 1 is 1.44 bits per heavy atom. The molecule has 1 fully saturated rings. The van der Waals surface area contributed by atoms with E-state index < -0.39 is 0 Å². The van der Waals surface area contributed by atoms with Crippen molar-refractivity contribution in [2.24, 2.45) is 0 Å². The van der Waals surface area contributed by atoms with Gasteiger partial charge in [-0.15, -0.1) is 0 Å². The smallest absolute Gasteiger partial charge is 0.0938 e. The Labute approximate surface area is 64.9 Å². The summed E-state index contributed by atoms with van der Waals surface area (Å²) in [7, 11) is 0. The van der Waals surface area contributed by atoms with Gasteiger partial charge in [0.25, 0.3) is 0 Å². The minimum atomic E-state index is 0.538. The third-order valence-electron chi connectivity index (χ3n) is 1.68. The first-order valence-electron chi connectivity index (χ1n) is 3.60. The molecule has 0 N–H and O–H groups in total. The number of halogens is 1. The van der Waals surface area contributed by atoms with Crippen molar-refractivity contribution in [1.82, 2.24) is 0 Å². The summed E-state index contributed by atoms with van der Waals surface area (Å²) >= 11 is 3.38. The molecule has 0 unspecified atom stereocenters. The fourth-order valence-corrected chi connectivity index (χ4v) is 1.54. The van der Waals surface area contributed by atoms with Gasteiger partial charge in [0.2, 0.25) is 0 Å². The summed E-state index contributed by atoms with van der Waals surface area (Å²) in [6, 6.07) is 0. The van der Waals surface area contributed by atoms with Gasteiger partial charge < -0.3 is 4.74 Å². The quantitative estimate of drug-likeness (QED) is 0.493. The lowest BCUT2D eigenvalue weighted by Gasteiger charge is -1.88. The first-order valence-corrected chi connectivity index (χ1v) is 4.72. The lowest BCUT2D eigenvalue weighted by molar-refractivity contribution is 0.368. The Kier molecular flexibility index (Phi) is 2.99. The largest absolute Gasteiger partial charge is 0.369 e. The average molecular weight is 193 g/mol. The minimum Gasteiger partial charge on any atom is -0.369 e. The summed E-state index contributed by atoms with van der Waals surface area (Å²) in [4.78, 5) is 0. The summed E-state index contributed by atoms with van der Waals surface area (Å²) in [6.07, 6.45) is 4.98. The molecule has 0 aliphatic carbocycles. The van der Waals surface area contributed by atoms with E-state index in [4.69, 9.17) is 4.74 Å². The highest BCUT2D eigenvalue weighted by Crippen LogP contribution is 2.28. The van der Waals surface area contributed by atoms with Crippen LogP contribution in [0.4, 0.5) is 0 Å². The van der Waals surface area contributed by atoms with Crippen molar-refractivity contribution in [2.45, 2.75) is 38.4 Å². The maximum atomic E-state index is 5.32. The number of rotatable bonds is 4. The monoisotopic (exact) mass is 192 g/mol. The Hall–Kier alpha value is 0.440. The first-order chi connectivity index (χ1) is 4.38. The lowest BCUT2D eigenvalue weighted by atomic mass is 10.2. The summed E-state index contributed by atoms with van der Waals surface area (Å²) in [6.45, 7) is 2.21. The predicted octanol–water partition coefficient (Wildman–Crippen LogP) is 2.34. The van der Waals surface area contributed by atoms with E-state index in [0.29, 0.717) is 12.2 Å². The number of epoxide rings is 1. The SMILES string of the molecule is CCCC[C@H]1O[C@H]1CBr. The van der Waals surface area contributed by atoms with Crippen LogP contribution in [-0.4, -0.2) is 17.5 Å². The van der Waals surface area contributed by atoms with Crippen molar-refractivity contribution in [3.63, 3.8) is 0 Å². The fraction of sp³-hybridized carbons (Fsp3) is 1.00. The Bertz CT molecular complexity index is 85.0. The third-order valence-corrected chi connectivity index (χ3v) is 2.32. The van der Waals surface area contributed by atoms with E-state index >= 15 is 0 Å². The molecule has 9 heavy (non-hydrogen) atoms. The van der Waals surface area contributed by atoms with Gasteiger partial charge in [-0.2, -0.15) is 0 Å². The first kappa shape index (κ1) is 7.55. The average Bonchev–Trinajstić information content (AvgIpc) is 2.62. The fourth-order valence-electron chi connectivity index (χ4n) is 0.974. The van der Waals surface area contributed by atoms with Gasteiger partial charge in [0.15, 0.2) is 0 Å². The van der Waals surface area contributed by atoms with Crippen LogP contribution >= 0.6 is 15.9 Å². The van der Waals surface area contributed by atoms with E-state index in [0.717, 1.165) is 5.33 Å². The van der Waals surface area contributed by atoms with Gasteiger partial charge in [0.1, 0.15) is 0 Å². The molecule has 1 rings (SSSR count). The highest BCUT2D eigenvalue weighted by atomic mass is 79.9. The summed E-state index contributed by atoms with van der Waals surface area (Å²) in [5.41, 5.74) is 0. The van der Waals surface area contributed by atoms with Gasteiger partial charge in [0, 0.05) is 5.33 Å². The van der Waals surface area contributed by atoms with Crippen molar-refractivity contribution in [2.75, 3.05) is 5.33 Å². The van der Waals surface area contributed by atoms with Crippen LogP contribution in [0.3, 0.4) is 0 Å². The molecule has 0 spiro atoms. The van der Waals surface area contributed by atoms with E-state index in [1.165, 1.54) is 19.3 Å². The van der Waals surface area contributed by atoms with Crippen LogP contribution in [0.5, 0.6) is 0 Å². The normalized spacial score (nSPS) is 32.7. The number of hydrogen-bond acceptors (Lipinski definition) is 1.